The molecule has 1 amide bonds. The number of carboxylic acid groups (broad SMARTS) is 1. The standard InChI is InChI=1S/C17H21NO3/c1-2-9-18(10-14(19)20)17(21)16-13-8-7-11-5-3-4-6-12(11)15(13)16/h3-6,13,15-16H,2,7-10H2,1H3,(H,19,20). The first kappa shape index (κ1) is 14.1. The van der Waals surface area contributed by atoms with Crippen molar-refractivity contribution in [3.8, 4) is 0 Å². The predicted molar refractivity (Wildman–Crippen MR) is 79.0 cm³/mol. The van der Waals surface area contributed by atoms with Crippen molar-refractivity contribution in [2.75, 3.05) is 13.1 Å². The average Bonchev–Trinajstić information content (AvgIpc) is 3.20. The number of benzene rings is 1. The van der Waals surface area contributed by atoms with Crippen LogP contribution in [0.4, 0.5) is 0 Å². The fourth-order valence-electron chi connectivity index (χ4n) is 3.81. The fraction of sp³-hybridized carbons (Fsp3) is 0.529. The quantitative estimate of drug-likeness (QED) is 0.904. The molecule has 1 N–H and O–H groups in total. The van der Waals surface area contributed by atoms with E-state index >= 15 is 0 Å². The lowest BCUT2D eigenvalue weighted by molar-refractivity contribution is -0.145. The van der Waals surface area contributed by atoms with E-state index in [1.807, 2.05) is 19.1 Å². The highest BCUT2D eigenvalue weighted by molar-refractivity contribution is 5.87. The molecule has 3 rings (SSSR count). The Kier molecular flexibility index (Phi) is 3.70. The number of amides is 1. The van der Waals surface area contributed by atoms with Gasteiger partial charge in [-0.1, -0.05) is 31.2 Å². The average molecular weight is 287 g/mol. The van der Waals surface area contributed by atoms with Crippen LogP contribution in [0.2, 0.25) is 0 Å². The lowest BCUT2D eigenvalue weighted by Crippen LogP contribution is -2.37. The van der Waals surface area contributed by atoms with Crippen LogP contribution in [0.3, 0.4) is 0 Å². The van der Waals surface area contributed by atoms with E-state index in [-0.39, 0.29) is 18.4 Å². The molecule has 21 heavy (non-hydrogen) atoms. The molecular formula is C17H21NO3. The van der Waals surface area contributed by atoms with Gasteiger partial charge in [0.25, 0.3) is 0 Å². The largest absolute Gasteiger partial charge is 0.480 e. The lowest BCUT2D eigenvalue weighted by atomic mass is 9.92. The first-order valence-electron chi connectivity index (χ1n) is 7.72. The molecule has 1 saturated carbocycles. The molecule has 1 fully saturated rings. The van der Waals surface area contributed by atoms with E-state index in [1.54, 1.807) is 0 Å². The van der Waals surface area contributed by atoms with Crippen LogP contribution in [0.5, 0.6) is 0 Å². The van der Waals surface area contributed by atoms with Crippen molar-refractivity contribution in [3.63, 3.8) is 0 Å². The summed E-state index contributed by atoms with van der Waals surface area (Å²) < 4.78 is 0. The van der Waals surface area contributed by atoms with Crippen LogP contribution >= 0.6 is 0 Å². The smallest absolute Gasteiger partial charge is 0.323 e. The molecule has 0 aromatic heterocycles. The number of hydrogen-bond acceptors (Lipinski definition) is 2. The van der Waals surface area contributed by atoms with Crippen LogP contribution in [-0.4, -0.2) is 35.0 Å². The highest BCUT2D eigenvalue weighted by Gasteiger charge is 2.57. The van der Waals surface area contributed by atoms with Crippen molar-refractivity contribution in [3.05, 3.63) is 35.4 Å². The molecule has 2 aliphatic rings. The molecule has 1 aromatic rings. The zero-order valence-corrected chi connectivity index (χ0v) is 12.3. The third kappa shape index (κ3) is 2.55. The van der Waals surface area contributed by atoms with Gasteiger partial charge in [-0.15, -0.1) is 0 Å². The topological polar surface area (TPSA) is 57.6 Å². The van der Waals surface area contributed by atoms with E-state index in [2.05, 4.69) is 12.1 Å². The summed E-state index contributed by atoms with van der Waals surface area (Å²) in [6.45, 7) is 2.32. The Morgan fingerprint density at radius 1 is 1.33 bits per heavy atom. The second kappa shape index (κ2) is 5.51. The summed E-state index contributed by atoms with van der Waals surface area (Å²) in [5, 5.41) is 8.98. The highest BCUT2D eigenvalue weighted by atomic mass is 16.4. The molecule has 0 heterocycles. The summed E-state index contributed by atoms with van der Waals surface area (Å²) >= 11 is 0. The zero-order valence-electron chi connectivity index (χ0n) is 12.3. The predicted octanol–water partition coefficient (Wildman–Crippen LogP) is 2.29. The van der Waals surface area contributed by atoms with Gasteiger partial charge in [-0.05, 0) is 42.2 Å². The molecule has 0 aliphatic heterocycles. The van der Waals surface area contributed by atoms with Crippen molar-refractivity contribution in [2.24, 2.45) is 11.8 Å². The van der Waals surface area contributed by atoms with Crippen molar-refractivity contribution in [1.82, 2.24) is 4.90 Å². The molecule has 4 nitrogen and oxygen atoms in total. The van der Waals surface area contributed by atoms with Crippen molar-refractivity contribution in [2.45, 2.75) is 32.1 Å². The summed E-state index contributed by atoms with van der Waals surface area (Å²) in [5.74, 6) is -0.164. The normalized spacial score (nSPS) is 25.7. The van der Waals surface area contributed by atoms with Gasteiger partial charge in [-0.3, -0.25) is 9.59 Å². The zero-order chi connectivity index (χ0) is 15.0. The number of rotatable bonds is 5. The Morgan fingerprint density at radius 3 is 2.81 bits per heavy atom. The lowest BCUT2D eigenvalue weighted by Gasteiger charge is -2.20. The van der Waals surface area contributed by atoms with Crippen molar-refractivity contribution >= 4 is 11.9 Å². The van der Waals surface area contributed by atoms with Crippen LogP contribution in [0.15, 0.2) is 24.3 Å². The summed E-state index contributed by atoms with van der Waals surface area (Å²) in [4.78, 5) is 25.1. The molecule has 3 unspecified atom stereocenters. The van der Waals surface area contributed by atoms with E-state index in [0.717, 1.165) is 19.3 Å². The van der Waals surface area contributed by atoms with Crippen molar-refractivity contribution in [1.29, 1.82) is 0 Å². The maximum Gasteiger partial charge on any atom is 0.323 e. The number of carbonyl (C=O) groups excluding carboxylic acids is 1. The van der Waals surface area contributed by atoms with E-state index in [0.29, 0.717) is 18.4 Å². The van der Waals surface area contributed by atoms with Gasteiger partial charge in [-0.2, -0.15) is 0 Å². The van der Waals surface area contributed by atoms with E-state index < -0.39 is 5.97 Å². The molecule has 3 atom stereocenters. The van der Waals surface area contributed by atoms with Gasteiger partial charge in [0.15, 0.2) is 0 Å². The Hall–Kier alpha value is -1.84. The minimum atomic E-state index is -0.930. The van der Waals surface area contributed by atoms with Crippen LogP contribution in [0.25, 0.3) is 0 Å². The maximum atomic E-state index is 12.7. The molecule has 0 saturated heterocycles. The molecule has 4 heteroatoms. The number of carbonyl (C=O) groups is 2. The summed E-state index contributed by atoms with van der Waals surface area (Å²) in [6.07, 6.45) is 2.87. The third-order valence-corrected chi connectivity index (χ3v) is 4.75. The Balaban J connectivity index is 1.77. The number of carboxylic acids is 1. The minimum absolute atomic E-state index is 0.000417. The molecule has 0 radical (unpaired) electrons. The molecule has 112 valence electrons. The summed E-state index contributed by atoms with van der Waals surface area (Å²) in [5.41, 5.74) is 2.66. The Bertz CT molecular complexity index is 569. The summed E-state index contributed by atoms with van der Waals surface area (Å²) in [6, 6.07) is 8.35. The number of nitrogens with zero attached hydrogens (tertiary/aromatic N) is 1. The molecule has 2 aliphatic carbocycles. The van der Waals surface area contributed by atoms with Gasteiger partial charge < -0.3 is 10.0 Å². The third-order valence-electron chi connectivity index (χ3n) is 4.75. The maximum absolute atomic E-state index is 12.7. The van der Waals surface area contributed by atoms with Gasteiger partial charge in [-0.25, -0.2) is 0 Å². The second-order valence-electron chi connectivity index (χ2n) is 6.11. The molecule has 1 aromatic carbocycles. The van der Waals surface area contributed by atoms with E-state index in [4.69, 9.17) is 5.11 Å². The number of hydrogen-bond donors (Lipinski definition) is 1. The minimum Gasteiger partial charge on any atom is -0.480 e. The fourth-order valence-corrected chi connectivity index (χ4v) is 3.81. The van der Waals surface area contributed by atoms with Gasteiger partial charge in [0.05, 0.1) is 0 Å². The monoisotopic (exact) mass is 287 g/mol. The second-order valence-corrected chi connectivity index (χ2v) is 6.11. The van der Waals surface area contributed by atoms with Crippen LogP contribution in [0.1, 0.15) is 36.8 Å². The van der Waals surface area contributed by atoms with Crippen LogP contribution < -0.4 is 0 Å². The molecule has 0 bridgehead atoms. The Labute approximate surface area is 124 Å². The number of fused-ring (bicyclic) bond motifs is 3. The van der Waals surface area contributed by atoms with Gasteiger partial charge in [0, 0.05) is 12.5 Å². The SMILES string of the molecule is CCCN(CC(=O)O)C(=O)C1C2CCc3ccccc3C21. The number of aliphatic carboxylic acids is 1. The molecular weight excluding hydrogens is 266 g/mol. The van der Waals surface area contributed by atoms with Crippen molar-refractivity contribution < 1.29 is 14.7 Å². The van der Waals surface area contributed by atoms with E-state index in [9.17, 15) is 9.59 Å². The highest BCUT2D eigenvalue weighted by Crippen LogP contribution is 2.60. The van der Waals surface area contributed by atoms with Gasteiger partial charge in [0.2, 0.25) is 5.91 Å². The summed E-state index contributed by atoms with van der Waals surface area (Å²) in [7, 11) is 0. The first-order valence-corrected chi connectivity index (χ1v) is 7.72. The van der Waals surface area contributed by atoms with Gasteiger partial charge >= 0.3 is 5.97 Å². The van der Waals surface area contributed by atoms with Crippen LogP contribution in [0, 0.1) is 11.8 Å². The van der Waals surface area contributed by atoms with E-state index in [1.165, 1.54) is 16.0 Å². The number of aryl methyl sites for hydroxylation is 1. The first-order chi connectivity index (χ1) is 10.1. The van der Waals surface area contributed by atoms with Crippen LogP contribution in [-0.2, 0) is 16.0 Å². The Morgan fingerprint density at radius 2 is 2.10 bits per heavy atom. The molecule has 0 spiro atoms. The van der Waals surface area contributed by atoms with Gasteiger partial charge in [0.1, 0.15) is 6.54 Å².